The molecule has 0 aliphatic rings. The molecule has 7 heteroatoms. The van der Waals surface area contributed by atoms with Gasteiger partial charge in [-0.05, 0) is 34.5 Å². The van der Waals surface area contributed by atoms with E-state index >= 15 is 0 Å². The fraction of sp³-hybridized carbons (Fsp3) is 0.250. The number of methoxy groups -OCH3 is 2. The Bertz CT molecular complexity index is 608. The Balaban J connectivity index is 2.43. The van der Waals surface area contributed by atoms with Gasteiger partial charge in [-0.2, -0.15) is 4.98 Å². The van der Waals surface area contributed by atoms with Gasteiger partial charge in [0.05, 0.1) is 29.1 Å². The molecule has 2 aromatic rings. The largest absolute Gasteiger partial charge is 0.480 e. The predicted octanol–water partition coefficient (Wildman–Crippen LogP) is 2.86. The van der Waals surface area contributed by atoms with Crippen LogP contribution < -0.4 is 9.47 Å². The van der Waals surface area contributed by atoms with Crippen molar-refractivity contribution in [3.05, 3.63) is 32.2 Å². The lowest BCUT2D eigenvalue weighted by atomic mass is 10.2. The quantitative estimate of drug-likeness (QED) is 0.799. The fourth-order valence-electron chi connectivity index (χ4n) is 1.44. The monoisotopic (exact) mass is 342 g/mol. The number of rotatable bonds is 4. The van der Waals surface area contributed by atoms with Gasteiger partial charge in [0.1, 0.15) is 0 Å². The highest BCUT2D eigenvalue weighted by molar-refractivity contribution is 9.11. The molecule has 19 heavy (non-hydrogen) atoms. The SMILES string of the molecule is COc1cnc(C(=O)c2cc(C)c(Br)s2)c(OC)n1. The van der Waals surface area contributed by atoms with Gasteiger partial charge in [0.2, 0.25) is 17.5 Å². The number of ether oxygens (including phenoxy) is 2. The van der Waals surface area contributed by atoms with E-state index in [1.165, 1.54) is 31.8 Å². The van der Waals surface area contributed by atoms with Crippen LogP contribution in [0.3, 0.4) is 0 Å². The summed E-state index contributed by atoms with van der Waals surface area (Å²) in [4.78, 5) is 21.1. The molecule has 0 bridgehead atoms. The molecule has 0 atom stereocenters. The maximum atomic E-state index is 12.4. The summed E-state index contributed by atoms with van der Waals surface area (Å²) in [6.07, 6.45) is 1.39. The van der Waals surface area contributed by atoms with Crippen molar-refractivity contribution in [1.82, 2.24) is 9.97 Å². The van der Waals surface area contributed by atoms with Crippen LogP contribution in [0.25, 0.3) is 0 Å². The van der Waals surface area contributed by atoms with Crippen molar-refractivity contribution in [2.75, 3.05) is 14.2 Å². The number of aryl methyl sites for hydroxylation is 1. The van der Waals surface area contributed by atoms with Crippen molar-refractivity contribution in [1.29, 1.82) is 0 Å². The van der Waals surface area contributed by atoms with Crippen molar-refractivity contribution in [2.45, 2.75) is 6.92 Å². The molecule has 5 nitrogen and oxygen atoms in total. The lowest BCUT2D eigenvalue weighted by Crippen LogP contribution is -2.07. The Morgan fingerprint density at radius 3 is 2.63 bits per heavy atom. The first-order valence-corrected chi connectivity index (χ1v) is 6.93. The number of ketones is 1. The van der Waals surface area contributed by atoms with Crippen molar-refractivity contribution in [3.63, 3.8) is 0 Å². The standard InChI is InChI=1S/C12H11BrN2O3S/c1-6-4-7(19-11(6)13)10(16)9-12(18-3)15-8(17-2)5-14-9/h4-5H,1-3H3. The summed E-state index contributed by atoms with van der Waals surface area (Å²) in [5.41, 5.74) is 1.19. The molecule has 0 aromatic carbocycles. The summed E-state index contributed by atoms with van der Waals surface area (Å²) in [5, 5.41) is 0. The van der Waals surface area contributed by atoms with Crippen LogP contribution in [0.15, 0.2) is 16.0 Å². The van der Waals surface area contributed by atoms with Crippen LogP contribution in [0.2, 0.25) is 0 Å². The topological polar surface area (TPSA) is 61.3 Å². The van der Waals surface area contributed by atoms with Gasteiger partial charge in [-0.3, -0.25) is 4.79 Å². The van der Waals surface area contributed by atoms with E-state index in [4.69, 9.17) is 9.47 Å². The summed E-state index contributed by atoms with van der Waals surface area (Å²) in [6, 6.07) is 1.81. The molecule has 100 valence electrons. The van der Waals surface area contributed by atoms with Crippen LogP contribution >= 0.6 is 27.3 Å². The van der Waals surface area contributed by atoms with E-state index in [-0.39, 0.29) is 17.4 Å². The smallest absolute Gasteiger partial charge is 0.247 e. The zero-order chi connectivity index (χ0) is 14.0. The number of carbonyl (C=O) groups excluding carboxylic acids is 1. The third-order valence-corrected chi connectivity index (χ3v) is 4.55. The Hall–Kier alpha value is -1.47. The van der Waals surface area contributed by atoms with E-state index < -0.39 is 0 Å². The van der Waals surface area contributed by atoms with Crippen molar-refractivity contribution < 1.29 is 14.3 Å². The van der Waals surface area contributed by atoms with E-state index in [2.05, 4.69) is 25.9 Å². The molecule has 2 aromatic heterocycles. The molecule has 2 heterocycles. The summed E-state index contributed by atoms with van der Waals surface area (Å²) in [5.74, 6) is 0.245. The lowest BCUT2D eigenvalue weighted by Gasteiger charge is -2.06. The second-order valence-corrected chi connectivity index (χ2v) is 6.04. The van der Waals surface area contributed by atoms with E-state index in [0.717, 1.165) is 9.35 Å². The summed E-state index contributed by atoms with van der Waals surface area (Å²) >= 11 is 4.75. The average Bonchev–Trinajstić information content (AvgIpc) is 2.77. The molecule has 0 amide bonds. The first-order valence-electron chi connectivity index (χ1n) is 5.32. The van der Waals surface area contributed by atoms with Crippen LogP contribution in [0.4, 0.5) is 0 Å². The number of hydrogen-bond donors (Lipinski definition) is 0. The van der Waals surface area contributed by atoms with E-state index in [1.807, 2.05) is 13.0 Å². The fourth-order valence-corrected chi connectivity index (χ4v) is 2.92. The normalized spacial score (nSPS) is 10.3. The number of nitrogens with zero attached hydrogens (tertiary/aromatic N) is 2. The third kappa shape index (κ3) is 2.76. The van der Waals surface area contributed by atoms with Gasteiger partial charge in [0.15, 0.2) is 5.69 Å². The van der Waals surface area contributed by atoms with Gasteiger partial charge in [-0.15, -0.1) is 11.3 Å². The minimum atomic E-state index is -0.217. The second kappa shape index (κ2) is 5.66. The number of halogens is 1. The first kappa shape index (κ1) is 14.0. The van der Waals surface area contributed by atoms with Gasteiger partial charge < -0.3 is 9.47 Å². The van der Waals surface area contributed by atoms with Crippen LogP contribution in [-0.2, 0) is 0 Å². The zero-order valence-corrected chi connectivity index (χ0v) is 13.0. The molecular weight excluding hydrogens is 332 g/mol. The van der Waals surface area contributed by atoms with Crippen molar-refractivity contribution in [3.8, 4) is 11.8 Å². The molecule has 0 radical (unpaired) electrons. The lowest BCUT2D eigenvalue weighted by molar-refractivity contribution is 0.103. The van der Waals surface area contributed by atoms with Gasteiger partial charge in [0.25, 0.3) is 0 Å². The highest BCUT2D eigenvalue weighted by Gasteiger charge is 2.21. The Morgan fingerprint density at radius 2 is 2.11 bits per heavy atom. The first-order chi connectivity index (χ1) is 9.06. The number of thiophene rings is 1. The summed E-state index contributed by atoms with van der Waals surface area (Å²) in [6.45, 7) is 1.92. The van der Waals surface area contributed by atoms with Crippen LogP contribution in [0.5, 0.6) is 11.8 Å². The van der Waals surface area contributed by atoms with Gasteiger partial charge in [-0.1, -0.05) is 0 Å². The van der Waals surface area contributed by atoms with E-state index in [0.29, 0.717) is 10.8 Å². The highest BCUT2D eigenvalue weighted by atomic mass is 79.9. The number of aromatic nitrogens is 2. The summed E-state index contributed by atoms with van der Waals surface area (Å²) < 4.78 is 11.0. The third-order valence-electron chi connectivity index (χ3n) is 2.42. The minimum absolute atomic E-state index is 0.159. The van der Waals surface area contributed by atoms with E-state index in [1.54, 1.807) is 0 Å². The highest BCUT2D eigenvalue weighted by Crippen LogP contribution is 2.30. The van der Waals surface area contributed by atoms with Crippen LogP contribution in [0.1, 0.15) is 20.9 Å². The molecule has 0 saturated carbocycles. The minimum Gasteiger partial charge on any atom is -0.480 e. The molecule has 2 rings (SSSR count). The molecular formula is C12H11BrN2O3S. The van der Waals surface area contributed by atoms with Crippen LogP contribution in [0, 0.1) is 6.92 Å². The molecule has 0 N–H and O–H groups in total. The maximum absolute atomic E-state index is 12.4. The Morgan fingerprint density at radius 1 is 1.37 bits per heavy atom. The maximum Gasteiger partial charge on any atom is 0.247 e. The molecule has 0 fully saturated rings. The Kier molecular flexibility index (Phi) is 4.16. The number of carbonyl (C=O) groups is 1. The Labute approximate surface area is 122 Å². The zero-order valence-electron chi connectivity index (χ0n) is 10.6. The van der Waals surface area contributed by atoms with Gasteiger partial charge in [0, 0.05) is 0 Å². The number of hydrogen-bond acceptors (Lipinski definition) is 6. The second-order valence-electron chi connectivity index (χ2n) is 3.67. The van der Waals surface area contributed by atoms with Gasteiger partial charge >= 0.3 is 0 Å². The predicted molar refractivity (Wildman–Crippen MR) is 75.3 cm³/mol. The van der Waals surface area contributed by atoms with E-state index in [9.17, 15) is 4.79 Å². The molecule has 0 aliphatic heterocycles. The van der Waals surface area contributed by atoms with Crippen molar-refractivity contribution in [2.24, 2.45) is 0 Å². The molecule has 0 aliphatic carbocycles. The average molecular weight is 343 g/mol. The van der Waals surface area contributed by atoms with Crippen LogP contribution in [-0.4, -0.2) is 30.0 Å². The molecule has 0 unspecified atom stereocenters. The molecule has 0 saturated heterocycles. The summed E-state index contributed by atoms with van der Waals surface area (Å²) in [7, 11) is 2.92. The van der Waals surface area contributed by atoms with Crippen molar-refractivity contribution >= 4 is 33.0 Å². The van der Waals surface area contributed by atoms with Gasteiger partial charge in [-0.25, -0.2) is 4.98 Å². The molecule has 0 spiro atoms.